The molecule has 0 bridgehead atoms. The van der Waals surface area contributed by atoms with Crippen LogP contribution >= 0.6 is 0 Å². The van der Waals surface area contributed by atoms with Gasteiger partial charge < -0.3 is 4.74 Å². The molecule has 0 N–H and O–H groups in total. The Hall–Kier alpha value is -5.16. The Kier molecular flexibility index (Phi) is 9.33. The van der Waals surface area contributed by atoms with Crippen molar-refractivity contribution in [1.29, 1.82) is 0 Å². The summed E-state index contributed by atoms with van der Waals surface area (Å²) in [6, 6.07) is 32.4. The molecule has 4 aromatic carbocycles. The zero-order valence-corrected chi connectivity index (χ0v) is 30.3. The van der Waals surface area contributed by atoms with E-state index in [1.807, 2.05) is 23.1 Å². The second-order valence-electron chi connectivity index (χ2n) is 14.6. The summed E-state index contributed by atoms with van der Waals surface area (Å²) in [5.41, 5.74) is 10.8. The average molecular weight is 661 g/mol. The number of fused-ring (bicyclic) bond motifs is 3. The van der Waals surface area contributed by atoms with E-state index in [1.54, 1.807) is 0 Å². The number of pyridine rings is 1. The summed E-state index contributed by atoms with van der Waals surface area (Å²) in [7, 11) is 0. The maximum absolute atomic E-state index is 6.74. The number of nitrogens with zero attached hydrogens (tertiary/aromatic N) is 4. The third-order valence-corrected chi connectivity index (χ3v) is 9.74. The van der Waals surface area contributed by atoms with Crippen molar-refractivity contribution in [3.05, 3.63) is 132 Å². The Balaban J connectivity index is 1.29. The van der Waals surface area contributed by atoms with Gasteiger partial charge in [0, 0.05) is 40.9 Å². The molecule has 0 aliphatic rings. The highest BCUT2D eigenvalue weighted by Crippen LogP contribution is 2.37. The number of benzene rings is 4. The fourth-order valence-electron chi connectivity index (χ4n) is 7.02. The molecular formula is C45H48N4O. The van der Waals surface area contributed by atoms with Crippen LogP contribution in [0.4, 0.5) is 0 Å². The number of para-hydroxylation sites is 1. The van der Waals surface area contributed by atoms with Gasteiger partial charge in [0.15, 0.2) is 0 Å². The molecule has 0 saturated heterocycles. The minimum Gasteiger partial charge on any atom is -0.457 e. The van der Waals surface area contributed by atoms with E-state index in [0.717, 1.165) is 46.9 Å². The number of aromatic nitrogens is 4. The summed E-state index contributed by atoms with van der Waals surface area (Å²) < 4.78 is 11.0. The molecule has 0 unspecified atom stereocenters. The van der Waals surface area contributed by atoms with Gasteiger partial charge in [0.25, 0.3) is 0 Å². The van der Waals surface area contributed by atoms with E-state index in [2.05, 4.69) is 137 Å². The van der Waals surface area contributed by atoms with Crippen molar-refractivity contribution in [3.63, 3.8) is 0 Å². The molecule has 7 aromatic rings. The highest BCUT2D eigenvalue weighted by molar-refractivity contribution is 6.09. The number of rotatable bonds is 11. The fraction of sp³-hybridized carbons (Fsp3) is 0.289. The van der Waals surface area contributed by atoms with Crippen LogP contribution in [0.2, 0.25) is 0 Å². The Morgan fingerprint density at radius 2 is 1.46 bits per heavy atom. The first-order valence-corrected chi connectivity index (χ1v) is 18.2. The van der Waals surface area contributed by atoms with Crippen molar-refractivity contribution in [3.8, 4) is 34.1 Å². The van der Waals surface area contributed by atoms with Gasteiger partial charge in [-0.15, -0.1) is 0 Å². The molecule has 0 saturated carbocycles. The molecule has 0 fully saturated rings. The van der Waals surface area contributed by atoms with E-state index in [1.165, 1.54) is 69.8 Å². The normalized spacial score (nSPS) is 11.9. The topological polar surface area (TPSA) is 44.9 Å². The van der Waals surface area contributed by atoms with Gasteiger partial charge in [-0.3, -0.25) is 4.57 Å². The van der Waals surface area contributed by atoms with E-state index in [9.17, 15) is 0 Å². The van der Waals surface area contributed by atoms with Gasteiger partial charge in [0.05, 0.1) is 22.9 Å². The first-order valence-electron chi connectivity index (χ1n) is 18.2. The lowest BCUT2D eigenvalue weighted by atomic mass is 9.86. The summed E-state index contributed by atoms with van der Waals surface area (Å²) in [6.07, 6.45) is 13.0. The molecule has 3 aromatic heterocycles. The standard InChI is InChI=1S/C45H48N4O/c1-7-9-14-32-16-13-17-33(15-10-8-2)44(32)34-29-47-48(30-34)36-25-35(45(4,5)6)26-38(27-36)50-37-20-21-40-39-18-11-12-19-41(39)49(42(40)28-37)43-24-31(3)22-23-46-43/h11-13,16-30H,7-10,14-15H2,1-6H3. The highest BCUT2D eigenvalue weighted by atomic mass is 16.5. The lowest BCUT2D eigenvalue weighted by Crippen LogP contribution is -2.12. The Morgan fingerprint density at radius 3 is 2.18 bits per heavy atom. The first kappa shape index (κ1) is 33.3. The van der Waals surface area contributed by atoms with E-state index in [0.29, 0.717) is 0 Å². The van der Waals surface area contributed by atoms with Crippen LogP contribution in [0.3, 0.4) is 0 Å². The van der Waals surface area contributed by atoms with Crippen molar-refractivity contribution in [2.45, 2.75) is 85.5 Å². The largest absolute Gasteiger partial charge is 0.457 e. The molecule has 0 radical (unpaired) electrons. The Morgan fingerprint density at radius 1 is 0.720 bits per heavy atom. The van der Waals surface area contributed by atoms with Crippen molar-refractivity contribution < 1.29 is 4.74 Å². The van der Waals surface area contributed by atoms with Crippen LogP contribution < -0.4 is 4.74 Å². The van der Waals surface area contributed by atoms with Gasteiger partial charge >= 0.3 is 0 Å². The van der Waals surface area contributed by atoms with E-state index in [4.69, 9.17) is 14.8 Å². The van der Waals surface area contributed by atoms with Gasteiger partial charge in [-0.1, -0.05) is 83.9 Å². The van der Waals surface area contributed by atoms with Crippen LogP contribution in [0.1, 0.15) is 82.6 Å². The molecular weight excluding hydrogens is 613 g/mol. The van der Waals surface area contributed by atoms with Crippen LogP contribution in [0.15, 0.2) is 110 Å². The number of aryl methyl sites for hydroxylation is 3. The van der Waals surface area contributed by atoms with Gasteiger partial charge in [-0.25, -0.2) is 9.67 Å². The molecule has 0 atom stereocenters. The number of hydrogen-bond acceptors (Lipinski definition) is 3. The van der Waals surface area contributed by atoms with Crippen LogP contribution in [0.5, 0.6) is 11.5 Å². The average Bonchev–Trinajstić information content (AvgIpc) is 3.72. The molecule has 0 amide bonds. The number of ether oxygens (including phenoxy) is 1. The molecule has 7 rings (SSSR count). The molecule has 0 aliphatic heterocycles. The molecule has 50 heavy (non-hydrogen) atoms. The zero-order valence-electron chi connectivity index (χ0n) is 30.3. The third kappa shape index (κ3) is 6.69. The lowest BCUT2D eigenvalue weighted by Gasteiger charge is -2.21. The fourth-order valence-corrected chi connectivity index (χ4v) is 7.02. The second kappa shape index (κ2) is 14.0. The predicted molar refractivity (Wildman–Crippen MR) is 208 cm³/mol. The van der Waals surface area contributed by atoms with Crippen molar-refractivity contribution in [2.75, 3.05) is 0 Å². The number of hydrogen-bond donors (Lipinski definition) is 0. The quantitative estimate of drug-likeness (QED) is 0.139. The Bertz CT molecular complexity index is 2260. The summed E-state index contributed by atoms with van der Waals surface area (Å²) in [5.74, 6) is 2.46. The van der Waals surface area contributed by atoms with E-state index >= 15 is 0 Å². The monoisotopic (exact) mass is 660 g/mol. The molecule has 5 nitrogen and oxygen atoms in total. The van der Waals surface area contributed by atoms with Gasteiger partial charge in [-0.05, 0) is 108 Å². The summed E-state index contributed by atoms with van der Waals surface area (Å²) in [6.45, 7) is 13.4. The van der Waals surface area contributed by atoms with Crippen molar-refractivity contribution in [1.82, 2.24) is 19.3 Å². The van der Waals surface area contributed by atoms with E-state index in [-0.39, 0.29) is 5.41 Å². The van der Waals surface area contributed by atoms with Gasteiger partial charge in [0.1, 0.15) is 17.3 Å². The minimum absolute atomic E-state index is 0.0859. The van der Waals surface area contributed by atoms with Crippen LogP contribution in [-0.4, -0.2) is 19.3 Å². The summed E-state index contributed by atoms with van der Waals surface area (Å²) >= 11 is 0. The summed E-state index contributed by atoms with van der Waals surface area (Å²) in [5, 5.41) is 7.31. The Labute approximate surface area is 296 Å². The summed E-state index contributed by atoms with van der Waals surface area (Å²) in [4.78, 5) is 4.76. The van der Waals surface area contributed by atoms with Crippen LogP contribution in [0, 0.1) is 6.92 Å². The predicted octanol–water partition coefficient (Wildman–Crippen LogP) is 12.1. The van der Waals surface area contributed by atoms with Gasteiger partial charge in [-0.2, -0.15) is 5.10 Å². The highest BCUT2D eigenvalue weighted by Gasteiger charge is 2.20. The molecule has 3 heterocycles. The van der Waals surface area contributed by atoms with Crippen molar-refractivity contribution in [2.24, 2.45) is 0 Å². The SMILES string of the molecule is CCCCc1cccc(CCCC)c1-c1cnn(-c2cc(Oc3ccc4c5ccccc5n(-c5cc(C)ccn5)c4c3)cc(C(C)(C)C)c2)c1. The molecule has 254 valence electrons. The zero-order chi connectivity index (χ0) is 34.8. The van der Waals surface area contributed by atoms with Crippen LogP contribution in [-0.2, 0) is 18.3 Å². The maximum atomic E-state index is 6.74. The maximum Gasteiger partial charge on any atom is 0.137 e. The second-order valence-corrected chi connectivity index (χ2v) is 14.6. The molecule has 0 aliphatic carbocycles. The van der Waals surface area contributed by atoms with Crippen LogP contribution in [0.25, 0.3) is 44.4 Å². The third-order valence-electron chi connectivity index (χ3n) is 9.74. The lowest BCUT2D eigenvalue weighted by molar-refractivity contribution is 0.478. The van der Waals surface area contributed by atoms with E-state index < -0.39 is 0 Å². The molecule has 0 spiro atoms. The number of unbranched alkanes of at least 4 members (excludes halogenated alkanes) is 2. The van der Waals surface area contributed by atoms with Gasteiger partial charge in [0.2, 0.25) is 0 Å². The van der Waals surface area contributed by atoms with Crippen molar-refractivity contribution >= 4 is 21.8 Å². The first-order chi connectivity index (χ1) is 24.2. The minimum atomic E-state index is -0.0859. The smallest absolute Gasteiger partial charge is 0.137 e. The molecule has 5 heteroatoms.